The predicted octanol–water partition coefficient (Wildman–Crippen LogP) is 4.38. The van der Waals surface area contributed by atoms with Crippen molar-refractivity contribution in [3.63, 3.8) is 0 Å². The van der Waals surface area contributed by atoms with E-state index in [1.54, 1.807) is 18.2 Å². The molecule has 0 aliphatic rings. The van der Waals surface area contributed by atoms with Gasteiger partial charge in [0.15, 0.2) is 0 Å². The number of aliphatic hydroxyl groups is 1. The number of halogens is 4. The molecule has 0 fully saturated rings. The van der Waals surface area contributed by atoms with Crippen LogP contribution in [0.1, 0.15) is 18.4 Å². The van der Waals surface area contributed by atoms with Crippen LogP contribution in [0.2, 0.25) is 5.15 Å². The zero-order valence-electron chi connectivity index (χ0n) is 10.0. The number of rotatable bonds is 3. The molecule has 1 unspecified atom stereocenters. The molecule has 0 amide bonds. The predicted molar refractivity (Wildman–Crippen MR) is 74.9 cm³/mol. The van der Waals surface area contributed by atoms with E-state index in [0.29, 0.717) is 16.3 Å². The van der Waals surface area contributed by atoms with E-state index in [2.05, 4.69) is 20.9 Å². The average Bonchev–Trinajstić information content (AvgIpc) is 2.38. The lowest BCUT2D eigenvalue weighted by Gasteiger charge is -2.23. The molecule has 0 saturated heterocycles. The standard InChI is InChI=1S/C13H11BrClF2NO/c1-7(13(16,17)6-19)8-2-3-11(14)10-5-18-12(15)4-9(8)10/h2-5,7,19H,6H2,1H3. The highest BCUT2D eigenvalue weighted by Gasteiger charge is 2.37. The Balaban J connectivity index is 2.67. The van der Waals surface area contributed by atoms with Gasteiger partial charge < -0.3 is 5.11 Å². The summed E-state index contributed by atoms with van der Waals surface area (Å²) in [4.78, 5) is 3.95. The van der Waals surface area contributed by atoms with Crippen LogP contribution in [-0.4, -0.2) is 22.6 Å². The van der Waals surface area contributed by atoms with E-state index in [-0.39, 0.29) is 5.15 Å². The summed E-state index contributed by atoms with van der Waals surface area (Å²) in [6.45, 7) is 0.192. The maximum absolute atomic E-state index is 13.7. The van der Waals surface area contributed by atoms with E-state index < -0.39 is 18.4 Å². The molecule has 2 aromatic rings. The van der Waals surface area contributed by atoms with Gasteiger partial charge in [-0.2, -0.15) is 0 Å². The Morgan fingerprint density at radius 2 is 2.11 bits per heavy atom. The van der Waals surface area contributed by atoms with Crippen molar-refractivity contribution >= 4 is 38.3 Å². The van der Waals surface area contributed by atoms with E-state index in [1.807, 2.05) is 0 Å². The van der Waals surface area contributed by atoms with Crippen LogP contribution >= 0.6 is 27.5 Å². The summed E-state index contributed by atoms with van der Waals surface area (Å²) < 4.78 is 28.1. The van der Waals surface area contributed by atoms with Gasteiger partial charge in [0, 0.05) is 22.0 Å². The second kappa shape index (κ2) is 5.31. The van der Waals surface area contributed by atoms with Crippen molar-refractivity contribution in [3.8, 4) is 0 Å². The van der Waals surface area contributed by atoms with Crippen LogP contribution in [0.5, 0.6) is 0 Å². The molecule has 6 heteroatoms. The Morgan fingerprint density at radius 1 is 1.42 bits per heavy atom. The average molecular weight is 351 g/mol. The third-order valence-corrected chi connectivity index (χ3v) is 4.06. The Labute approximate surface area is 122 Å². The molecule has 0 spiro atoms. The summed E-state index contributed by atoms with van der Waals surface area (Å²) in [5.41, 5.74) is 0.432. The fraction of sp³-hybridized carbons (Fsp3) is 0.308. The van der Waals surface area contributed by atoms with Crippen LogP contribution in [0.15, 0.2) is 28.9 Å². The molecule has 1 atom stereocenters. The van der Waals surface area contributed by atoms with Crippen molar-refractivity contribution in [1.29, 1.82) is 0 Å². The van der Waals surface area contributed by atoms with E-state index >= 15 is 0 Å². The minimum atomic E-state index is -3.18. The molecular formula is C13H11BrClF2NO. The van der Waals surface area contributed by atoms with Gasteiger partial charge in [-0.05, 0) is 23.1 Å². The summed E-state index contributed by atoms with van der Waals surface area (Å²) in [5.74, 6) is -4.30. The topological polar surface area (TPSA) is 33.1 Å². The van der Waals surface area contributed by atoms with Gasteiger partial charge in [-0.25, -0.2) is 13.8 Å². The highest BCUT2D eigenvalue weighted by atomic mass is 79.9. The molecule has 19 heavy (non-hydrogen) atoms. The monoisotopic (exact) mass is 349 g/mol. The van der Waals surface area contributed by atoms with Crippen LogP contribution in [0.3, 0.4) is 0 Å². The third kappa shape index (κ3) is 2.73. The minimum absolute atomic E-state index is 0.242. The Hall–Kier alpha value is -0.780. The quantitative estimate of drug-likeness (QED) is 0.833. The summed E-state index contributed by atoms with van der Waals surface area (Å²) in [6.07, 6.45) is 1.54. The molecule has 1 heterocycles. The highest BCUT2D eigenvalue weighted by Crippen LogP contribution is 2.38. The first kappa shape index (κ1) is 14.6. The Bertz CT molecular complexity index is 621. The van der Waals surface area contributed by atoms with Gasteiger partial charge in [0.25, 0.3) is 5.92 Å². The van der Waals surface area contributed by atoms with Gasteiger partial charge in [0.2, 0.25) is 0 Å². The van der Waals surface area contributed by atoms with Crippen molar-refractivity contribution in [3.05, 3.63) is 39.6 Å². The zero-order valence-corrected chi connectivity index (χ0v) is 12.3. The molecule has 0 aliphatic carbocycles. The van der Waals surface area contributed by atoms with Crippen LogP contribution in [0.4, 0.5) is 8.78 Å². The van der Waals surface area contributed by atoms with E-state index in [0.717, 1.165) is 4.47 Å². The lowest BCUT2D eigenvalue weighted by atomic mass is 9.91. The molecule has 1 aromatic heterocycles. The zero-order chi connectivity index (χ0) is 14.2. The summed E-state index contributed by atoms with van der Waals surface area (Å²) in [6, 6.07) is 4.86. The second-order valence-electron chi connectivity index (χ2n) is 4.33. The minimum Gasteiger partial charge on any atom is -0.390 e. The SMILES string of the molecule is CC(c1ccc(Br)c2cnc(Cl)cc12)C(F)(F)CO. The van der Waals surface area contributed by atoms with E-state index in [1.165, 1.54) is 13.1 Å². The molecule has 1 aromatic carbocycles. The van der Waals surface area contributed by atoms with Gasteiger partial charge >= 0.3 is 0 Å². The first-order valence-corrected chi connectivity index (χ1v) is 6.76. The number of aliphatic hydroxyl groups excluding tert-OH is 1. The molecule has 2 nitrogen and oxygen atoms in total. The van der Waals surface area contributed by atoms with Crippen LogP contribution in [0, 0.1) is 0 Å². The second-order valence-corrected chi connectivity index (χ2v) is 5.57. The maximum atomic E-state index is 13.7. The van der Waals surface area contributed by atoms with E-state index in [9.17, 15) is 8.78 Å². The molecule has 0 saturated carbocycles. The number of alkyl halides is 2. The number of hydrogen-bond acceptors (Lipinski definition) is 2. The fourth-order valence-electron chi connectivity index (χ4n) is 1.94. The first-order chi connectivity index (χ1) is 8.86. The van der Waals surface area contributed by atoms with Crippen molar-refractivity contribution in [1.82, 2.24) is 4.98 Å². The smallest absolute Gasteiger partial charge is 0.277 e. The van der Waals surface area contributed by atoms with Crippen molar-refractivity contribution in [2.75, 3.05) is 6.61 Å². The highest BCUT2D eigenvalue weighted by molar-refractivity contribution is 9.10. The maximum Gasteiger partial charge on any atom is 0.277 e. The van der Waals surface area contributed by atoms with Crippen LogP contribution < -0.4 is 0 Å². The summed E-state index contributed by atoms with van der Waals surface area (Å²) in [7, 11) is 0. The van der Waals surface area contributed by atoms with Gasteiger partial charge in [-0.3, -0.25) is 0 Å². The first-order valence-electron chi connectivity index (χ1n) is 5.59. The van der Waals surface area contributed by atoms with Gasteiger partial charge in [0.1, 0.15) is 11.8 Å². The van der Waals surface area contributed by atoms with Gasteiger partial charge in [-0.15, -0.1) is 0 Å². The molecule has 0 radical (unpaired) electrons. The number of aromatic nitrogens is 1. The number of benzene rings is 1. The molecule has 102 valence electrons. The van der Waals surface area contributed by atoms with Crippen LogP contribution in [0.25, 0.3) is 10.8 Å². The van der Waals surface area contributed by atoms with Gasteiger partial charge in [-0.1, -0.05) is 40.5 Å². The van der Waals surface area contributed by atoms with E-state index in [4.69, 9.17) is 16.7 Å². The lowest BCUT2D eigenvalue weighted by Crippen LogP contribution is -2.28. The Morgan fingerprint density at radius 3 is 2.74 bits per heavy atom. The Kier molecular flexibility index (Phi) is 4.08. The van der Waals surface area contributed by atoms with Crippen molar-refractivity contribution in [2.24, 2.45) is 0 Å². The number of hydrogen-bond donors (Lipinski definition) is 1. The lowest BCUT2D eigenvalue weighted by molar-refractivity contribution is -0.0678. The largest absolute Gasteiger partial charge is 0.390 e. The summed E-state index contributed by atoms with van der Waals surface area (Å²) >= 11 is 9.18. The number of fused-ring (bicyclic) bond motifs is 1. The van der Waals surface area contributed by atoms with Crippen LogP contribution in [-0.2, 0) is 0 Å². The third-order valence-electron chi connectivity index (χ3n) is 3.16. The fourth-order valence-corrected chi connectivity index (χ4v) is 2.55. The molecular weight excluding hydrogens is 340 g/mol. The molecule has 0 aliphatic heterocycles. The summed E-state index contributed by atoms with van der Waals surface area (Å²) in [5, 5.41) is 10.4. The molecule has 2 rings (SSSR count). The van der Waals surface area contributed by atoms with Gasteiger partial charge in [0.05, 0.1) is 0 Å². The number of pyridine rings is 1. The van der Waals surface area contributed by atoms with Crippen molar-refractivity contribution < 1.29 is 13.9 Å². The molecule has 0 bridgehead atoms. The van der Waals surface area contributed by atoms with Crippen molar-refractivity contribution in [2.45, 2.75) is 18.8 Å². The normalized spacial score (nSPS) is 13.8. The number of nitrogens with zero attached hydrogens (tertiary/aromatic N) is 1. The molecule has 1 N–H and O–H groups in total.